The first-order valence-electron chi connectivity index (χ1n) is 5.02. The second-order valence-corrected chi connectivity index (χ2v) is 5.42. The number of primary sulfonamides is 1. The lowest BCUT2D eigenvalue weighted by Gasteiger charge is -2.12. The molecule has 0 saturated heterocycles. The Balaban J connectivity index is 2.95. The molecule has 0 heterocycles. The number of rotatable bonds is 5. The Bertz CT molecular complexity index is 532. The van der Waals surface area contributed by atoms with Crippen molar-refractivity contribution < 1.29 is 21.9 Å². The topological polar surface area (TPSA) is 72.6 Å². The molecular weight excluding hydrogens is 266 g/mol. The molecule has 0 fully saturated rings. The predicted octanol–water partition coefficient (Wildman–Crippen LogP) is 0.553. The predicted molar refractivity (Wildman–Crippen MR) is 61.8 cm³/mol. The van der Waals surface area contributed by atoms with Crippen LogP contribution in [0.2, 0.25) is 0 Å². The molecular formula is C10H14F2N2O3S. The van der Waals surface area contributed by atoms with E-state index in [4.69, 9.17) is 9.88 Å². The van der Waals surface area contributed by atoms with Gasteiger partial charge in [-0.3, -0.25) is 0 Å². The highest BCUT2D eigenvalue weighted by Gasteiger charge is 2.21. The Kier molecular flexibility index (Phi) is 4.60. The Morgan fingerprint density at radius 2 is 1.89 bits per heavy atom. The summed E-state index contributed by atoms with van der Waals surface area (Å²) in [6.45, 7) is 0.663. The van der Waals surface area contributed by atoms with Gasteiger partial charge in [-0.15, -0.1) is 0 Å². The fourth-order valence-corrected chi connectivity index (χ4v) is 1.78. The number of hydrogen-bond acceptors (Lipinski definition) is 4. The first-order valence-corrected chi connectivity index (χ1v) is 6.56. The molecule has 102 valence electrons. The molecule has 0 spiro atoms. The first-order chi connectivity index (χ1) is 8.23. The molecule has 1 aromatic carbocycles. The highest BCUT2D eigenvalue weighted by atomic mass is 32.2. The van der Waals surface area contributed by atoms with Crippen LogP contribution in [0.3, 0.4) is 0 Å². The quantitative estimate of drug-likeness (QED) is 0.855. The molecule has 0 aliphatic carbocycles. The van der Waals surface area contributed by atoms with E-state index in [-0.39, 0.29) is 12.4 Å². The highest BCUT2D eigenvalue weighted by Crippen LogP contribution is 2.24. The Morgan fingerprint density at radius 3 is 2.39 bits per heavy atom. The lowest BCUT2D eigenvalue weighted by Crippen LogP contribution is -2.20. The largest absolute Gasteiger partial charge is 0.489 e. The van der Waals surface area contributed by atoms with Crippen LogP contribution in [0.25, 0.3) is 0 Å². The van der Waals surface area contributed by atoms with Gasteiger partial charge in [-0.1, -0.05) is 0 Å². The third kappa shape index (κ3) is 3.62. The number of hydrogen-bond donors (Lipinski definition) is 1. The lowest BCUT2D eigenvalue weighted by molar-refractivity contribution is 0.248. The SMILES string of the molecule is CN(C)CCOc1ccc(S(N)(=O)=O)c(F)c1F. The molecule has 0 radical (unpaired) electrons. The third-order valence-electron chi connectivity index (χ3n) is 2.11. The summed E-state index contributed by atoms with van der Waals surface area (Å²) in [6, 6.07) is 1.91. The van der Waals surface area contributed by atoms with Gasteiger partial charge in [-0.05, 0) is 26.2 Å². The van der Waals surface area contributed by atoms with Crippen molar-refractivity contribution in [3.8, 4) is 5.75 Å². The zero-order valence-electron chi connectivity index (χ0n) is 9.98. The van der Waals surface area contributed by atoms with Crippen LogP contribution in [0.1, 0.15) is 0 Å². The summed E-state index contributed by atoms with van der Waals surface area (Å²) in [6.07, 6.45) is 0. The van der Waals surface area contributed by atoms with E-state index >= 15 is 0 Å². The number of likely N-dealkylation sites (N-methyl/N-ethyl adjacent to an activating group) is 1. The van der Waals surface area contributed by atoms with Crippen LogP contribution in [-0.2, 0) is 10.0 Å². The number of nitrogens with zero attached hydrogens (tertiary/aromatic N) is 1. The molecule has 1 aromatic rings. The van der Waals surface area contributed by atoms with Crippen LogP contribution in [-0.4, -0.2) is 40.6 Å². The van der Waals surface area contributed by atoms with E-state index in [0.29, 0.717) is 6.54 Å². The zero-order chi connectivity index (χ0) is 13.9. The molecule has 2 N–H and O–H groups in total. The standard InChI is InChI=1S/C10H14F2N2O3S/c1-14(2)5-6-17-7-3-4-8(18(13,15)16)10(12)9(7)11/h3-4H,5-6H2,1-2H3,(H2,13,15,16). The number of nitrogens with two attached hydrogens (primary N) is 1. The van der Waals surface area contributed by atoms with E-state index in [0.717, 1.165) is 12.1 Å². The van der Waals surface area contributed by atoms with Crippen molar-refractivity contribution >= 4 is 10.0 Å². The van der Waals surface area contributed by atoms with Gasteiger partial charge in [0.1, 0.15) is 11.5 Å². The molecule has 1 rings (SSSR count). The van der Waals surface area contributed by atoms with Gasteiger partial charge < -0.3 is 9.64 Å². The Morgan fingerprint density at radius 1 is 1.28 bits per heavy atom. The maximum absolute atomic E-state index is 13.5. The summed E-state index contributed by atoms with van der Waals surface area (Å²) in [4.78, 5) is 0.910. The van der Waals surface area contributed by atoms with Crippen LogP contribution >= 0.6 is 0 Å². The fourth-order valence-electron chi connectivity index (χ4n) is 1.18. The first kappa shape index (κ1) is 14.8. The van der Waals surface area contributed by atoms with Gasteiger partial charge in [0.25, 0.3) is 0 Å². The van der Waals surface area contributed by atoms with E-state index in [1.54, 1.807) is 19.0 Å². The molecule has 0 aliphatic heterocycles. The second kappa shape index (κ2) is 5.59. The normalized spacial score (nSPS) is 11.9. The molecule has 0 amide bonds. The minimum absolute atomic E-state index is 0.151. The van der Waals surface area contributed by atoms with Crippen molar-refractivity contribution in [2.45, 2.75) is 4.90 Å². The summed E-state index contributed by atoms with van der Waals surface area (Å²) in [5.74, 6) is -3.23. The molecule has 8 heteroatoms. The molecule has 0 aliphatic rings. The molecule has 0 bridgehead atoms. The number of benzene rings is 1. The summed E-state index contributed by atoms with van der Waals surface area (Å²) in [5.41, 5.74) is 0. The Labute approximate surface area is 104 Å². The number of halogens is 2. The van der Waals surface area contributed by atoms with Gasteiger partial charge in [0.15, 0.2) is 11.6 Å². The van der Waals surface area contributed by atoms with Crippen LogP contribution in [0, 0.1) is 11.6 Å². The van der Waals surface area contributed by atoms with E-state index in [1.165, 1.54) is 0 Å². The van der Waals surface area contributed by atoms with Gasteiger partial charge >= 0.3 is 0 Å². The van der Waals surface area contributed by atoms with E-state index < -0.39 is 26.6 Å². The summed E-state index contributed by atoms with van der Waals surface area (Å²) in [5, 5.41) is 4.73. The van der Waals surface area contributed by atoms with Crippen LogP contribution in [0.4, 0.5) is 8.78 Å². The maximum atomic E-state index is 13.5. The maximum Gasteiger partial charge on any atom is 0.241 e. The second-order valence-electron chi connectivity index (χ2n) is 3.89. The minimum Gasteiger partial charge on any atom is -0.489 e. The lowest BCUT2D eigenvalue weighted by atomic mass is 10.3. The average Bonchev–Trinajstić information content (AvgIpc) is 2.22. The van der Waals surface area contributed by atoms with Crippen LogP contribution in [0.15, 0.2) is 17.0 Å². The number of sulfonamides is 1. The van der Waals surface area contributed by atoms with Crippen LogP contribution < -0.4 is 9.88 Å². The molecule has 0 atom stereocenters. The molecule has 0 aromatic heterocycles. The van der Waals surface area contributed by atoms with Crippen molar-refractivity contribution in [1.29, 1.82) is 0 Å². The molecule has 0 saturated carbocycles. The summed E-state index contributed by atoms with van der Waals surface area (Å²) >= 11 is 0. The van der Waals surface area contributed by atoms with Gasteiger partial charge in [-0.2, -0.15) is 4.39 Å². The van der Waals surface area contributed by atoms with Crippen molar-refractivity contribution in [2.24, 2.45) is 5.14 Å². The molecule has 18 heavy (non-hydrogen) atoms. The summed E-state index contributed by atoms with van der Waals surface area (Å²) < 4.78 is 53.8. The highest BCUT2D eigenvalue weighted by molar-refractivity contribution is 7.89. The Hall–Kier alpha value is -1.25. The van der Waals surface area contributed by atoms with E-state index in [9.17, 15) is 17.2 Å². The fraction of sp³-hybridized carbons (Fsp3) is 0.400. The zero-order valence-corrected chi connectivity index (χ0v) is 10.8. The molecule has 0 unspecified atom stereocenters. The van der Waals surface area contributed by atoms with Crippen molar-refractivity contribution in [2.75, 3.05) is 27.2 Å². The van der Waals surface area contributed by atoms with E-state index in [2.05, 4.69) is 0 Å². The van der Waals surface area contributed by atoms with Crippen molar-refractivity contribution in [1.82, 2.24) is 4.90 Å². The van der Waals surface area contributed by atoms with Crippen molar-refractivity contribution in [3.05, 3.63) is 23.8 Å². The summed E-state index contributed by atoms with van der Waals surface area (Å²) in [7, 11) is -0.693. The van der Waals surface area contributed by atoms with Gasteiger partial charge in [0.2, 0.25) is 15.8 Å². The van der Waals surface area contributed by atoms with Gasteiger partial charge in [-0.25, -0.2) is 17.9 Å². The molecule has 5 nitrogen and oxygen atoms in total. The monoisotopic (exact) mass is 280 g/mol. The van der Waals surface area contributed by atoms with Crippen LogP contribution in [0.5, 0.6) is 5.75 Å². The van der Waals surface area contributed by atoms with Crippen molar-refractivity contribution in [3.63, 3.8) is 0 Å². The average molecular weight is 280 g/mol. The van der Waals surface area contributed by atoms with Gasteiger partial charge in [0, 0.05) is 6.54 Å². The smallest absolute Gasteiger partial charge is 0.241 e. The van der Waals surface area contributed by atoms with Gasteiger partial charge in [0.05, 0.1) is 0 Å². The number of ether oxygens (including phenoxy) is 1. The minimum atomic E-state index is -4.29. The van der Waals surface area contributed by atoms with E-state index in [1.807, 2.05) is 0 Å². The third-order valence-corrected chi connectivity index (χ3v) is 3.04.